The summed E-state index contributed by atoms with van der Waals surface area (Å²) in [6.45, 7) is 0. The highest BCUT2D eigenvalue weighted by molar-refractivity contribution is 7.99. The average molecular weight is 525 g/mol. The van der Waals surface area contributed by atoms with E-state index < -0.39 is 0 Å². The van der Waals surface area contributed by atoms with Crippen LogP contribution in [0.3, 0.4) is 0 Å². The van der Waals surface area contributed by atoms with Gasteiger partial charge in [0.05, 0.1) is 23.0 Å². The Morgan fingerprint density at radius 1 is 1.03 bits per heavy atom. The second-order valence-electron chi connectivity index (χ2n) is 8.91. The smallest absolute Gasteiger partial charge is 0.267 e. The number of aryl methyl sites for hydroxylation is 2. The van der Waals surface area contributed by atoms with Crippen molar-refractivity contribution in [3.63, 3.8) is 0 Å². The lowest BCUT2D eigenvalue weighted by Gasteiger charge is -2.13. The summed E-state index contributed by atoms with van der Waals surface area (Å²) in [5, 5.41) is 7.60. The molecule has 0 unspecified atom stereocenters. The van der Waals surface area contributed by atoms with Gasteiger partial charge in [0.2, 0.25) is 0 Å². The molecule has 0 saturated carbocycles. The number of para-hydroxylation sites is 1. The molecule has 1 N–H and O–H groups in total. The maximum atomic E-state index is 13.8. The van der Waals surface area contributed by atoms with E-state index in [1.165, 1.54) is 16.6 Å². The first-order chi connectivity index (χ1) is 18.2. The van der Waals surface area contributed by atoms with Crippen LogP contribution in [0.5, 0.6) is 0 Å². The van der Waals surface area contributed by atoms with Crippen molar-refractivity contribution in [3.05, 3.63) is 99.2 Å². The molecule has 1 amide bonds. The van der Waals surface area contributed by atoms with Crippen molar-refractivity contribution >= 4 is 56.2 Å². The van der Waals surface area contributed by atoms with Crippen molar-refractivity contribution in [2.75, 3.05) is 5.75 Å². The number of carbonyl (C=O) groups is 1. The van der Waals surface area contributed by atoms with E-state index in [1.807, 2.05) is 72.8 Å². The molecule has 184 valence electrons. The van der Waals surface area contributed by atoms with Gasteiger partial charge in [0.1, 0.15) is 4.83 Å². The number of thioether (sulfide) groups is 1. The van der Waals surface area contributed by atoms with Gasteiger partial charge in [-0.25, -0.2) is 10.4 Å². The van der Waals surface area contributed by atoms with Crippen LogP contribution in [0.2, 0.25) is 0 Å². The fraction of sp³-hybridized carbons (Fsp3) is 0.172. The van der Waals surface area contributed by atoms with E-state index in [4.69, 9.17) is 4.98 Å². The lowest BCUT2D eigenvalue weighted by Crippen LogP contribution is -2.24. The summed E-state index contributed by atoms with van der Waals surface area (Å²) in [6.07, 6.45) is 5.82. The number of aromatic nitrogens is 2. The van der Waals surface area contributed by atoms with Gasteiger partial charge in [-0.05, 0) is 54.2 Å². The summed E-state index contributed by atoms with van der Waals surface area (Å²) in [6, 6.07) is 23.5. The minimum Gasteiger partial charge on any atom is -0.272 e. The third kappa shape index (κ3) is 4.70. The Bertz CT molecular complexity index is 1700. The Morgan fingerprint density at radius 2 is 1.81 bits per heavy atom. The molecule has 2 heterocycles. The largest absolute Gasteiger partial charge is 0.272 e. The monoisotopic (exact) mass is 524 g/mol. The van der Waals surface area contributed by atoms with Crippen LogP contribution in [-0.4, -0.2) is 27.4 Å². The Labute approximate surface area is 222 Å². The maximum Gasteiger partial charge on any atom is 0.267 e. The zero-order chi connectivity index (χ0) is 25.2. The van der Waals surface area contributed by atoms with Crippen molar-refractivity contribution in [3.8, 4) is 5.69 Å². The Kier molecular flexibility index (Phi) is 6.59. The first-order valence-electron chi connectivity index (χ1n) is 12.2. The number of fused-ring (bicyclic) bond motifs is 4. The van der Waals surface area contributed by atoms with Crippen LogP contribution in [0.4, 0.5) is 0 Å². The molecule has 2 aromatic heterocycles. The van der Waals surface area contributed by atoms with Crippen LogP contribution in [0, 0.1) is 0 Å². The van der Waals surface area contributed by atoms with Crippen LogP contribution in [-0.2, 0) is 17.6 Å². The molecule has 37 heavy (non-hydrogen) atoms. The van der Waals surface area contributed by atoms with Crippen LogP contribution in [0.25, 0.3) is 26.7 Å². The minimum absolute atomic E-state index is 0.0625. The predicted molar refractivity (Wildman–Crippen MR) is 152 cm³/mol. The summed E-state index contributed by atoms with van der Waals surface area (Å²) in [5.41, 5.74) is 5.38. The van der Waals surface area contributed by atoms with Crippen LogP contribution in [0.1, 0.15) is 28.8 Å². The van der Waals surface area contributed by atoms with Gasteiger partial charge in [-0.2, -0.15) is 5.10 Å². The highest BCUT2D eigenvalue weighted by Gasteiger charge is 2.23. The lowest BCUT2D eigenvalue weighted by molar-refractivity contribution is -0.118. The second kappa shape index (κ2) is 10.3. The van der Waals surface area contributed by atoms with Crippen LogP contribution >= 0.6 is 23.1 Å². The molecule has 6 nitrogen and oxygen atoms in total. The van der Waals surface area contributed by atoms with E-state index in [0.717, 1.165) is 63.5 Å². The maximum absolute atomic E-state index is 13.8. The molecular weight excluding hydrogens is 500 g/mol. The molecule has 0 saturated heterocycles. The third-order valence-electron chi connectivity index (χ3n) is 6.52. The van der Waals surface area contributed by atoms with Gasteiger partial charge < -0.3 is 0 Å². The molecule has 0 radical (unpaired) electrons. The van der Waals surface area contributed by atoms with Crippen LogP contribution < -0.4 is 11.0 Å². The molecule has 0 spiro atoms. The summed E-state index contributed by atoms with van der Waals surface area (Å²) in [4.78, 5) is 33.3. The standard InChI is InChI=1S/C29H24N4O2S2/c34-25(32-30-17-20-11-8-10-19-9-4-5-14-22(19)20)18-36-29-31-27-26(23-15-6-7-16-24(23)37-27)28(35)33(29)21-12-2-1-3-13-21/h1-5,8-14,17H,6-7,15-16,18H2,(H,32,34)/b30-17+. The third-order valence-corrected chi connectivity index (χ3v) is 8.65. The molecule has 3 aromatic carbocycles. The number of rotatable bonds is 6. The van der Waals surface area contributed by atoms with Gasteiger partial charge in [-0.1, -0.05) is 72.4 Å². The molecule has 8 heteroatoms. The summed E-state index contributed by atoms with van der Waals surface area (Å²) in [7, 11) is 0. The van der Waals surface area contributed by atoms with Gasteiger partial charge in [0.15, 0.2) is 5.16 Å². The fourth-order valence-corrected chi connectivity index (χ4v) is 6.89. The van der Waals surface area contributed by atoms with Crippen molar-refractivity contribution in [1.29, 1.82) is 0 Å². The van der Waals surface area contributed by atoms with E-state index in [9.17, 15) is 9.59 Å². The first-order valence-corrected chi connectivity index (χ1v) is 14.0. The summed E-state index contributed by atoms with van der Waals surface area (Å²) in [5.74, 6) is -0.177. The Hall–Kier alpha value is -3.75. The topological polar surface area (TPSA) is 76.3 Å². The van der Waals surface area contributed by atoms with Gasteiger partial charge >= 0.3 is 0 Å². The lowest BCUT2D eigenvalue weighted by atomic mass is 9.97. The molecule has 0 bridgehead atoms. The van der Waals surface area contributed by atoms with Gasteiger partial charge in [0.25, 0.3) is 11.5 Å². The fourth-order valence-electron chi connectivity index (χ4n) is 4.79. The van der Waals surface area contributed by atoms with Crippen molar-refractivity contribution < 1.29 is 4.79 Å². The van der Waals surface area contributed by atoms with Gasteiger partial charge in [-0.3, -0.25) is 14.2 Å². The molecular formula is C29H24N4O2S2. The first kappa shape index (κ1) is 23.6. The Morgan fingerprint density at radius 3 is 2.70 bits per heavy atom. The number of hydrogen-bond acceptors (Lipinski definition) is 6. The van der Waals surface area contributed by atoms with E-state index in [0.29, 0.717) is 5.16 Å². The molecule has 6 rings (SSSR count). The number of nitrogens with zero attached hydrogens (tertiary/aromatic N) is 3. The molecule has 1 aliphatic carbocycles. The number of nitrogens with one attached hydrogen (secondary N) is 1. The summed E-state index contributed by atoms with van der Waals surface area (Å²) < 4.78 is 1.64. The van der Waals surface area contributed by atoms with Crippen molar-refractivity contribution in [1.82, 2.24) is 15.0 Å². The van der Waals surface area contributed by atoms with E-state index in [1.54, 1.807) is 22.1 Å². The number of amides is 1. The zero-order valence-corrected chi connectivity index (χ0v) is 21.6. The highest BCUT2D eigenvalue weighted by Crippen LogP contribution is 2.35. The van der Waals surface area contributed by atoms with E-state index in [2.05, 4.69) is 10.5 Å². The number of thiophene rings is 1. The molecule has 0 aliphatic heterocycles. The number of hydrogen-bond donors (Lipinski definition) is 1. The minimum atomic E-state index is -0.263. The van der Waals surface area contributed by atoms with E-state index in [-0.39, 0.29) is 17.2 Å². The Balaban J connectivity index is 1.26. The SMILES string of the molecule is O=C(CSc1nc2sc3c(c2c(=O)n1-c1ccccc1)CCCC3)N/N=C/c1cccc2ccccc12. The predicted octanol–water partition coefficient (Wildman–Crippen LogP) is 5.72. The molecule has 5 aromatic rings. The van der Waals surface area contributed by atoms with Crippen LogP contribution in [0.15, 0.2) is 87.8 Å². The van der Waals surface area contributed by atoms with E-state index >= 15 is 0 Å². The van der Waals surface area contributed by atoms with Gasteiger partial charge in [-0.15, -0.1) is 11.3 Å². The molecule has 0 fully saturated rings. The molecule has 0 atom stereocenters. The number of hydrazone groups is 1. The number of benzene rings is 3. The quantitative estimate of drug-likeness (QED) is 0.133. The normalized spacial score (nSPS) is 13.3. The van der Waals surface area contributed by atoms with Crippen molar-refractivity contribution in [2.24, 2.45) is 5.10 Å². The highest BCUT2D eigenvalue weighted by atomic mass is 32.2. The number of carbonyl (C=O) groups excluding carboxylic acids is 1. The van der Waals surface area contributed by atoms with Gasteiger partial charge in [0, 0.05) is 10.4 Å². The van der Waals surface area contributed by atoms with Crippen molar-refractivity contribution in [2.45, 2.75) is 30.8 Å². The zero-order valence-electron chi connectivity index (χ0n) is 20.0. The molecule has 1 aliphatic rings. The second-order valence-corrected chi connectivity index (χ2v) is 10.9. The summed E-state index contributed by atoms with van der Waals surface area (Å²) >= 11 is 2.86. The average Bonchev–Trinajstić information content (AvgIpc) is 3.31.